The van der Waals surface area contributed by atoms with E-state index in [9.17, 15) is 4.79 Å². The van der Waals surface area contributed by atoms with E-state index >= 15 is 0 Å². The van der Waals surface area contributed by atoms with E-state index in [1.807, 2.05) is 12.1 Å². The molecule has 0 unspecified atom stereocenters. The van der Waals surface area contributed by atoms with Crippen molar-refractivity contribution < 1.29 is 9.53 Å². The van der Waals surface area contributed by atoms with E-state index in [2.05, 4.69) is 15.6 Å². The number of pyridine rings is 1. The molecule has 17 heavy (non-hydrogen) atoms. The zero-order valence-corrected chi connectivity index (χ0v) is 10.1. The lowest BCUT2D eigenvalue weighted by atomic mass is 10.3. The average molecular weight is 237 g/mol. The lowest BCUT2D eigenvalue weighted by Crippen LogP contribution is -2.34. The number of rotatable bonds is 8. The van der Waals surface area contributed by atoms with Crippen LogP contribution in [0.2, 0.25) is 0 Å². The third-order valence-electron chi connectivity index (χ3n) is 2.23. The smallest absolute Gasteiger partial charge is 0.234 e. The number of amides is 1. The number of nitrogens with one attached hydrogen (secondary N) is 2. The van der Waals surface area contributed by atoms with Crippen LogP contribution in [0.3, 0.4) is 0 Å². The van der Waals surface area contributed by atoms with Crippen LogP contribution in [0, 0.1) is 0 Å². The maximum atomic E-state index is 11.4. The minimum atomic E-state index is -0.000714. The van der Waals surface area contributed by atoms with Crippen LogP contribution in [-0.2, 0) is 16.1 Å². The molecule has 0 saturated carbocycles. The van der Waals surface area contributed by atoms with E-state index in [0.717, 1.165) is 18.5 Å². The van der Waals surface area contributed by atoms with Crippen molar-refractivity contribution >= 4 is 5.91 Å². The average Bonchev–Trinajstić information content (AvgIpc) is 2.37. The van der Waals surface area contributed by atoms with Crippen LogP contribution in [0.5, 0.6) is 0 Å². The Bertz CT molecular complexity index is 317. The van der Waals surface area contributed by atoms with Crippen LogP contribution in [0.1, 0.15) is 12.0 Å². The Morgan fingerprint density at radius 3 is 2.88 bits per heavy atom. The minimum Gasteiger partial charge on any atom is -0.385 e. The van der Waals surface area contributed by atoms with Crippen LogP contribution in [-0.4, -0.2) is 37.7 Å². The fraction of sp³-hybridized carbons (Fsp3) is 0.500. The first-order valence-corrected chi connectivity index (χ1v) is 5.68. The molecule has 1 amide bonds. The number of hydrogen-bond donors (Lipinski definition) is 2. The number of carbonyl (C=O) groups is 1. The quantitative estimate of drug-likeness (QED) is 0.639. The van der Waals surface area contributed by atoms with Gasteiger partial charge >= 0.3 is 0 Å². The molecule has 0 aliphatic carbocycles. The van der Waals surface area contributed by atoms with Crippen molar-refractivity contribution in [1.82, 2.24) is 15.6 Å². The molecule has 0 radical (unpaired) electrons. The maximum absolute atomic E-state index is 11.4. The predicted molar refractivity (Wildman–Crippen MR) is 65.4 cm³/mol. The van der Waals surface area contributed by atoms with Gasteiger partial charge in [-0.25, -0.2) is 0 Å². The van der Waals surface area contributed by atoms with Gasteiger partial charge in [-0.1, -0.05) is 0 Å². The highest BCUT2D eigenvalue weighted by atomic mass is 16.5. The molecule has 0 bridgehead atoms. The molecule has 2 N–H and O–H groups in total. The molecule has 0 aliphatic rings. The molecular formula is C12H19N3O2. The van der Waals surface area contributed by atoms with Crippen molar-refractivity contribution in [1.29, 1.82) is 0 Å². The standard InChI is InChI=1S/C12H19N3O2/c1-17-8-2-5-14-10-12(16)15-9-11-3-6-13-7-4-11/h3-4,6-7,14H,2,5,8-10H2,1H3,(H,15,16). The summed E-state index contributed by atoms with van der Waals surface area (Å²) in [5.41, 5.74) is 1.05. The summed E-state index contributed by atoms with van der Waals surface area (Å²) in [7, 11) is 1.67. The second kappa shape index (κ2) is 8.66. The number of ether oxygens (including phenoxy) is 1. The van der Waals surface area contributed by atoms with Gasteiger partial charge in [0.25, 0.3) is 0 Å². The van der Waals surface area contributed by atoms with Crippen molar-refractivity contribution in [2.45, 2.75) is 13.0 Å². The predicted octanol–water partition coefficient (Wildman–Crippen LogP) is 0.324. The number of hydrogen-bond acceptors (Lipinski definition) is 4. The van der Waals surface area contributed by atoms with Gasteiger partial charge in [0.2, 0.25) is 5.91 Å². The summed E-state index contributed by atoms with van der Waals surface area (Å²) in [5.74, 6) is -0.000714. The first-order valence-electron chi connectivity index (χ1n) is 5.68. The zero-order valence-electron chi connectivity index (χ0n) is 10.1. The molecule has 0 saturated heterocycles. The highest BCUT2D eigenvalue weighted by Crippen LogP contribution is 1.94. The molecule has 0 aromatic carbocycles. The first-order chi connectivity index (χ1) is 8.33. The van der Waals surface area contributed by atoms with E-state index < -0.39 is 0 Å². The second-order valence-corrected chi connectivity index (χ2v) is 3.66. The molecular weight excluding hydrogens is 218 g/mol. The highest BCUT2D eigenvalue weighted by molar-refractivity contribution is 5.77. The number of aromatic nitrogens is 1. The topological polar surface area (TPSA) is 63.2 Å². The molecule has 1 rings (SSSR count). The van der Waals surface area contributed by atoms with Gasteiger partial charge in [0.15, 0.2) is 0 Å². The van der Waals surface area contributed by atoms with Crippen LogP contribution in [0.4, 0.5) is 0 Å². The Kier molecular flexibility index (Phi) is 6.93. The first kappa shape index (κ1) is 13.6. The van der Waals surface area contributed by atoms with E-state index in [1.165, 1.54) is 0 Å². The minimum absolute atomic E-state index is 0.000714. The van der Waals surface area contributed by atoms with E-state index in [4.69, 9.17) is 4.74 Å². The largest absolute Gasteiger partial charge is 0.385 e. The zero-order chi connectivity index (χ0) is 12.3. The lowest BCUT2D eigenvalue weighted by molar-refractivity contribution is -0.120. The van der Waals surface area contributed by atoms with E-state index in [0.29, 0.717) is 19.7 Å². The summed E-state index contributed by atoms with van der Waals surface area (Å²) in [6.45, 7) is 2.39. The van der Waals surface area contributed by atoms with Crippen LogP contribution in [0.25, 0.3) is 0 Å². The number of methoxy groups -OCH3 is 1. The molecule has 1 heterocycles. The summed E-state index contributed by atoms with van der Waals surface area (Å²) in [6.07, 6.45) is 4.34. The van der Waals surface area contributed by atoms with Crippen LogP contribution >= 0.6 is 0 Å². The summed E-state index contributed by atoms with van der Waals surface area (Å²) in [6, 6.07) is 3.76. The van der Waals surface area contributed by atoms with Gasteiger partial charge in [0.1, 0.15) is 0 Å². The Labute approximate surface area is 102 Å². The molecule has 94 valence electrons. The van der Waals surface area contributed by atoms with Crippen molar-refractivity contribution in [3.63, 3.8) is 0 Å². The van der Waals surface area contributed by atoms with Gasteiger partial charge in [-0.2, -0.15) is 0 Å². The van der Waals surface area contributed by atoms with Gasteiger partial charge < -0.3 is 15.4 Å². The van der Waals surface area contributed by atoms with Crippen LogP contribution < -0.4 is 10.6 Å². The van der Waals surface area contributed by atoms with Crippen molar-refractivity contribution in [2.24, 2.45) is 0 Å². The molecule has 0 aliphatic heterocycles. The molecule has 1 aromatic rings. The monoisotopic (exact) mass is 237 g/mol. The highest BCUT2D eigenvalue weighted by Gasteiger charge is 1.99. The molecule has 0 spiro atoms. The van der Waals surface area contributed by atoms with E-state index in [-0.39, 0.29) is 5.91 Å². The lowest BCUT2D eigenvalue weighted by Gasteiger charge is -2.06. The van der Waals surface area contributed by atoms with Gasteiger partial charge in [-0.3, -0.25) is 9.78 Å². The van der Waals surface area contributed by atoms with Gasteiger partial charge in [-0.05, 0) is 30.7 Å². The maximum Gasteiger partial charge on any atom is 0.234 e. The van der Waals surface area contributed by atoms with E-state index in [1.54, 1.807) is 19.5 Å². The Morgan fingerprint density at radius 1 is 1.41 bits per heavy atom. The number of nitrogens with zero attached hydrogens (tertiary/aromatic N) is 1. The third-order valence-corrected chi connectivity index (χ3v) is 2.23. The third kappa shape index (κ3) is 6.65. The summed E-state index contributed by atoms with van der Waals surface area (Å²) < 4.78 is 4.91. The second-order valence-electron chi connectivity index (χ2n) is 3.66. The van der Waals surface area contributed by atoms with Crippen molar-refractivity contribution in [3.8, 4) is 0 Å². The van der Waals surface area contributed by atoms with Crippen molar-refractivity contribution in [3.05, 3.63) is 30.1 Å². The van der Waals surface area contributed by atoms with Gasteiger partial charge in [0, 0.05) is 32.7 Å². The molecule has 5 nitrogen and oxygen atoms in total. The van der Waals surface area contributed by atoms with Crippen LogP contribution in [0.15, 0.2) is 24.5 Å². The fourth-order valence-corrected chi connectivity index (χ4v) is 1.31. The Hall–Kier alpha value is -1.46. The fourth-order valence-electron chi connectivity index (χ4n) is 1.31. The SMILES string of the molecule is COCCCNCC(=O)NCc1ccncc1. The normalized spacial score (nSPS) is 10.2. The number of carbonyl (C=O) groups excluding carboxylic acids is 1. The molecule has 5 heteroatoms. The Morgan fingerprint density at radius 2 is 2.18 bits per heavy atom. The van der Waals surface area contributed by atoms with Gasteiger partial charge in [0.05, 0.1) is 6.54 Å². The summed E-state index contributed by atoms with van der Waals surface area (Å²) >= 11 is 0. The summed E-state index contributed by atoms with van der Waals surface area (Å²) in [5, 5.41) is 5.88. The van der Waals surface area contributed by atoms with Gasteiger partial charge in [-0.15, -0.1) is 0 Å². The summed E-state index contributed by atoms with van der Waals surface area (Å²) in [4.78, 5) is 15.3. The Balaban J connectivity index is 2.05. The van der Waals surface area contributed by atoms with Crippen molar-refractivity contribution in [2.75, 3.05) is 26.8 Å². The molecule has 1 aromatic heterocycles. The molecule has 0 fully saturated rings. The molecule has 0 atom stereocenters.